The van der Waals surface area contributed by atoms with Gasteiger partial charge in [-0.1, -0.05) is 20.8 Å². The van der Waals surface area contributed by atoms with Crippen LogP contribution in [0.3, 0.4) is 0 Å². The molecule has 1 rings (SSSR count). The summed E-state index contributed by atoms with van der Waals surface area (Å²) >= 11 is 0. The van der Waals surface area contributed by atoms with Crippen LogP contribution in [-0.4, -0.2) is 30.7 Å². The highest BCUT2D eigenvalue weighted by Gasteiger charge is 2.39. The first kappa shape index (κ1) is 12.0. The summed E-state index contributed by atoms with van der Waals surface area (Å²) in [6.07, 6.45) is 0.897. The normalized spacial score (nSPS) is 39.0. The summed E-state index contributed by atoms with van der Waals surface area (Å²) in [6.45, 7) is 9.52. The lowest BCUT2D eigenvalue weighted by Crippen LogP contribution is -2.48. The summed E-state index contributed by atoms with van der Waals surface area (Å²) in [5.41, 5.74) is -0.226. The summed E-state index contributed by atoms with van der Waals surface area (Å²) in [5.74, 6) is 0.0986. The van der Waals surface area contributed by atoms with Crippen LogP contribution in [0.15, 0.2) is 0 Å². The molecule has 0 aliphatic carbocycles. The van der Waals surface area contributed by atoms with E-state index in [2.05, 4.69) is 13.8 Å². The average molecular weight is 202 g/mol. The van der Waals surface area contributed by atoms with Gasteiger partial charge in [0.05, 0.1) is 19.8 Å². The number of aliphatic hydroxyl groups is 1. The molecule has 0 atom stereocenters. The topological polar surface area (TPSA) is 38.7 Å². The fourth-order valence-electron chi connectivity index (χ4n) is 1.69. The molecule has 1 aliphatic heterocycles. The Hall–Kier alpha value is -0.120. The number of rotatable bonds is 3. The second-order valence-corrected chi connectivity index (χ2v) is 5.28. The Morgan fingerprint density at radius 1 is 1.21 bits per heavy atom. The Balaban J connectivity index is 2.48. The third-order valence-corrected chi connectivity index (χ3v) is 2.61. The van der Waals surface area contributed by atoms with Gasteiger partial charge in [-0.05, 0) is 12.8 Å². The molecule has 1 heterocycles. The molecular weight excluding hydrogens is 180 g/mol. The van der Waals surface area contributed by atoms with Crippen molar-refractivity contribution in [2.45, 2.75) is 39.9 Å². The van der Waals surface area contributed by atoms with Crippen LogP contribution in [0, 0.1) is 11.3 Å². The quantitative estimate of drug-likeness (QED) is 0.758. The Morgan fingerprint density at radius 3 is 2.07 bits per heavy atom. The van der Waals surface area contributed by atoms with E-state index in [4.69, 9.17) is 14.6 Å². The minimum Gasteiger partial charge on any atom is -0.396 e. The van der Waals surface area contributed by atoms with Crippen molar-refractivity contribution >= 4 is 0 Å². The summed E-state index contributed by atoms with van der Waals surface area (Å²) in [5, 5.41) is 9.14. The van der Waals surface area contributed by atoms with Gasteiger partial charge in [-0.2, -0.15) is 0 Å². The van der Waals surface area contributed by atoms with E-state index in [9.17, 15) is 0 Å². The van der Waals surface area contributed by atoms with Crippen LogP contribution in [0.25, 0.3) is 0 Å². The van der Waals surface area contributed by atoms with Crippen molar-refractivity contribution < 1.29 is 14.6 Å². The van der Waals surface area contributed by atoms with E-state index in [1.54, 1.807) is 0 Å². The van der Waals surface area contributed by atoms with Crippen molar-refractivity contribution in [3.63, 3.8) is 0 Å². The number of ether oxygens (including phenoxy) is 2. The van der Waals surface area contributed by atoms with E-state index in [-0.39, 0.29) is 12.0 Å². The molecule has 1 N–H and O–H groups in total. The van der Waals surface area contributed by atoms with Gasteiger partial charge in [0, 0.05) is 11.8 Å². The first-order valence-corrected chi connectivity index (χ1v) is 5.28. The molecule has 0 saturated carbocycles. The van der Waals surface area contributed by atoms with Crippen LogP contribution in [-0.2, 0) is 9.47 Å². The van der Waals surface area contributed by atoms with E-state index in [1.807, 2.05) is 13.8 Å². The molecule has 0 spiro atoms. The van der Waals surface area contributed by atoms with Crippen LogP contribution >= 0.6 is 0 Å². The first-order chi connectivity index (χ1) is 6.39. The third-order valence-electron chi connectivity index (χ3n) is 2.61. The molecule has 0 aromatic carbocycles. The Kier molecular flexibility index (Phi) is 3.56. The second-order valence-electron chi connectivity index (χ2n) is 5.28. The molecule has 0 bridgehead atoms. The monoisotopic (exact) mass is 202 g/mol. The van der Waals surface area contributed by atoms with Crippen LogP contribution in [0.4, 0.5) is 0 Å². The standard InChI is InChI=1S/C11H22O3/c1-9(2)5-11(4)13-7-10(3,6-12)8-14-11/h9,12H,5-8H2,1-4H3. The molecular formula is C11H22O3. The van der Waals surface area contributed by atoms with Crippen molar-refractivity contribution in [3.8, 4) is 0 Å². The highest BCUT2D eigenvalue weighted by atomic mass is 16.7. The van der Waals surface area contributed by atoms with E-state index < -0.39 is 5.79 Å². The zero-order chi connectivity index (χ0) is 10.8. The summed E-state index contributed by atoms with van der Waals surface area (Å²) in [7, 11) is 0. The maximum absolute atomic E-state index is 9.14. The summed E-state index contributed by atoms with van der Waals surface area (Å²) in [4.78, 5) is 0. The minimum absolute atomic E-state index is 0.116. The van der Waals surface area contributed by atoms with Gasteiger partial charge in [0.15, 0.2) is 5.79 Å². The summed E-state index contributed by atoms with van der Waals surface area (Å²) in [6, 6.07) is 0. The van der Waals surface area contributed by atoms with Crippen LogP contribution in [0.5, 0.6) is 0 Å². The van der Waals surface area contributed by atoms with E-state index in [0.717, 1.165) is 6.42 Å². The van der Waals surface area contributed by atoms with Crippen molar-refractivity contribution in [2.24, 2.45) is 11.3 Å². The Bertz CT molecular complexity index is 181. The van der Waals surface area contributed by atoms with E-state index in [0.29, 0.717) is 19.1 Å². The maximum atomic E-state index is 9.14. The van der Waals surface area contributed by atoms with Crippen molar-refractivity contribution in [1.82, 2.24) is 0 Å². The Labute approximate surface area is 86.4 Å². The molecule has 14 heavy (non-hydrogen) atoms. The zero-order valence-electron chi connectivity index (χ0n) is 9.67. The van der Waals surface area contributed by atoms with Crippen molar-refractivity contribution in [1.29, 1.82) is 0 Å². The predicted octanol–water partition coefficient (Wildman–Crippen LogP) is 1.79. The highest BCUT2D eigenvalue weighted by Crippen LogP contribution is 2.32. The van der Waals surface area contributed by atoms with Gasteiger partial charge >= 0.3 is 0 Å². The Morgan fingerprint density at radius 2 is 1.71 bits per heavy atom. The van der Waals surface area contributed by atoms with Gasteiger partial charge in [0.1, 0.15) is 0 Å². The predicted molar refractivity (Wildman–Crippen MR) is 55.0 cm³/mol. The SMILES string of the molecule is CC(C)CC1(C)OCC(C)(CO)CO1. The lowest BCUT2D eigenvalue weighted by molar-refractivity contribution is -0.301. The fraction of sp³-hybridized carbons (Fsp3) is 1.00. The molecule has 0 amide bonds. The smallest absolute Gasteiger partial charge is 0.165 e. The van der Waals surface area contributed by atoms with E-state index >= 15 is 0 Å². The van der Waals surface area contributed by atoms with Crippen molar-refractivity contribution in [2.75, 3.05) is 19.8 Å². The average Bonchev–Trinajstić information content (AvgIpc) is 2.10. The van der Waals surface area contributed by atoms with Gasteiger partial charge < -0.3 is 14.6 Å². The maximum Gasteiger partial charge on any atom is 0.165 e. The largest absolute Gasteiger partial charge is 0.396 e. The molecule has 3 nitrogen and oxygen atoms in total. The molecule has 3 heteroatoms. The number of aliphatic hydroxyl groups excluding tert-OH is 1. The molecule has 0 aromatic rings. The van der Waals surface area contributed by atoms with Gasteiger partial charge in [-0.25, -0.2) is 0 Å². The zero-order valence-corrected chi connectivity index (χ0v) is 9.67. The van der Waals surface area contributed by atoms with Gasteiger partial charge in [0.2, 0.25) is 0 Å². The van der Waals surface area contributed by atoms with Gasteiger partial charge in [0.25, 0.3) is 0 Å². The molecule has 1 fully saturated rings. The molecule has 0 aromatic heterocycles. The highest BCUT2D eigenvalue weighted by molar-refractivity contribution is 4.80. The van der Waals surface area contributed by atoms with Crippen LogP contribution < -0.4 is 0 Å². The summed E-state index contributed by atoms with van der Waals surface area (Å²) < 4.78 is 11.4. The fourth-order valence-corrected chi connectivity index (χ4v) is 1.69. The molecule has 1 saturated heterocycles. The molecule has 1 aliphatic rings. The van der Waals surface area contributed by atoms with E-state index in [1.165, 1.54) is 0 Å². The van der Waals surface area contributed by atoms with Gasteiger partial charge in [-0.15, -0.1) is 0 Å². The van der Waals surface area contributed by atoms with Gasteiger partial charge in [-0.3, -0.25) is 0 Å². The third kappa shape index (κ3) is 2.94. The number of hydrogen-bond acceptors (Lipinski definition) is 3. The number of hydrogen-bond donors (Lipinski definition) is 1. The van der Waals surface area contributed by atoms with Crippen LogP contribution in [0.2, 0.25) is 0 Å². The van der Waals surface area contributed by atoms with Crippen molar-refractivity contribution in [3.05, 3.63) is 0 Å². The lowest BCUT2D eigenvalue weighted by atomic mass is 9.92. The first-order valence-electron chi connectivity index (χ1n) is 5.28. The lowest BCUT2D eigenvalue weighted by Gasteiger charge is -2.43. The second kappa shape index (κ2) is 4.17. The molecule has 0 radical (unpaired) electrons. The molecule has 0 unspecified atom stereocenters. The van der Waals surface area contributed by atoms with Crippen LogP contribution in [0.1, 0.15) is 34.1 Å². The minimum atomic E-state index is -0.456. The molecule has 84 valence electrons.